The van der Waals surface area contributed by atoms with Gasteiger partial charge in [-0.05, 0) is 24.6 Å². The average molecular weight is 520 g/mol. The van der Waals surface area contributed by atoms with Gasteiger partial charge in [0.15, 0.2) is 5.82 Å². The third-order valence-electron chi connectivity index (χ3n) is 7.29. The molecule has 5 heterocycles. The molecule has 0 spiro atoms. The van der Waals surface area contributed by atoms with Crippen LogP contribution in [0.1, 0.15) is 46.1 Å². The second kappa shape index (κ2) is 9.21. The summed E-state index contributed by atoms with van der Waals surface area (Å²) in [5, 5.41) is 2.24. The maximum absolute atomic E-state index is 15.6. The van der Waals surface area contributed by atoms with Gasteiger partial charge in [-0.2, -0.15) is 0 Å². The minimum Gasteiger partial charge on any atom is -0.383 e. The van der Waals surface area contributed by atoms with E-state index in [1.807, 2.05) is 0 Å². The average Bonchev–Trinajstić information content (AvgIpc) is 3.20. The Morgan fingerprint density at radius 3 is 2.47 bits per heavy atom. The number of nitrogens with zero attached hydrogens (tertiary/aromatic N) is 5. The maximum atomic E-state index is 15.6. The normalized spacial score (nSPS) is 19.9. The number of likely N-dealkylation sites (tertiary alicyclic amines) is 1. The Balaban J connectivity index is 1.16. The summed E-state index contributed by atoms with van der Waals surface area (Å²) in [5.74, 6) is -1.44. The number of nitrogen functional groups attached to an aromatic ring is 1. The van der Waals surface area contributed by atoms with Gasteiger partial charge >= 0.3 is 0 Å². The van der Waals surface area contributed by atoms with Gasteiger partial charge in [0.1, 0.15) is 23.5 Å². The number of fused-ring (bicyclic) bond motifs is 1. The fourth-order valence-corrected chi connectivity index (χ4v) is 5.23. The fraction of sp³-hybridized carbons (Fsp3) is 0.308. The van der Waals surface area contributed by atoms with E-state index in [2.05, 4.69) is 25.2 Å². The lowest BCUT2D eigenvalue weighted by Crippen LogP contribution is -2.52. The van der Waals surface area contributed by atoms with Gasteiger partial charge in [0.2, 0.25) is 11.8 Å². The van der Waals surface area contributed by atoms with Gasteiger partial charge < -0.3 is 10.6 Å². The first-order chi connectivity index (χ1) is 18.3. The Morgan fingerprint density at radius 2 is 1.76 bits per heavy atom. The van der Waals surface area contributed by atoms with Gasteiger partial charge in [-0.3, -0.25) is 24.6 Å². The highest BCUT2D eigenvalue weighted by molar-refractivity contribution is 6.05. The smallest absolute Gasteiger partial charge is 0.255 e. The van der Waals surface area contributed by atoms with E-state index in [1.165, 1.54) is 17.0 Å². The highest BCUT2D eigenvalue weighted by atomic mass is 19.1. The van der Waals surface area contributed by atoms with E-state index in [0.717, 1.165) is 18.0 Å². The SMILES string of the molecule is Nc1nc(-c2ccc3c(c2F)CN([C@H]2CCC(=O)NC2=O)C3=O)ccc1CN1CC(c2ncc(F)cn2)C1. The number of carbonyl (C=O) groups is 3. The third-order valence-corrected chi connectivity index (χ3v) is 7.29. The molecule has 2 fully saturated rings. The maximum Gasteiger partial charge on any atom is 0.255 e. The number of amides is 3. The number of rotatable bonds is 5. The predicted octanol–water partition coefficient (Wildman–Crippen LogP) is 1.76. The monoisotopic (exact) mass is 519 g/mol. The highest BCUT2D eigenvalue weighted by Gasteiger charge is 2.40. The highest BCUT2D eigenvalue weighted by Crippen LogP contribution is 2.35. The number of carbonyl (C=O) groups excluding carboxylic acids is 3. The standard InChI is InChI=1S/C26H23F2N7O3/c27-15-7-30-24(31-8-15)14-10-34(11-14)9-13-1-4-19(32-23(13)29)17-3-2-16-18(22(17)28)12-35(26(16)38)20-5-6-21(36)33-25(20)37/h1-4,7-8,14,20H,5-6,9-12H2,(H2,29,32)(H,33,36,37)/t20-/m0/s1. The first-order valence-electron chi connectivity index (χ1n) is 12.2. The second-order valence-electron chi connectivity index (χ2n) is 9.74. The number of nitrogens with one attached hydrogen (secondary N) is 1. The van der Waals surface area contributed by atoms with E-state index < -0.39 is 29.5 Å². The number of hydrogen-bond donors (Lipinski definition) is 2. The molecule has 38 heavy (non-hydrogen) atoms. The van der Waals surface area contributed by atoms with Gasteiger partial charge in [-0.1, -0.05) is 6.07 Å². The van der Waals surface area contributed by atoms with E-state index in [9.17, 15) is 18.8 Å². The summed E-state index contributed by atoms with van der Waals surface area (Å²) in [6.45, 7) is 1.87. The van der Waals surface area contributed by atoms with Crippen LogP contribution in [0.5, 0.6) is 0 Å². The Labute approximate surface area is 215 Å². The number of aromatic nitrogens is 3. The molecule has 2 aromatic heterocycles. The number of piperidine rings is 1. The fourth-order valence-electron chi connectivity index (χ4n) is 5.23. The summed E-state index contributed by atoms with van der Waals surface area (Å²) in [6.07, 6.45) is 2.64. The molecule has 0 aliphatic carbocycles. The molecular formula is C26H23F2N7O3. The molecular weight excluding hydrogens is 496 g/mol. The molecule has 3 aromatic rings. The molecule has 1 atom stereocenters. The quantitative estimate of drug-likeness (QED) is 0.487. The molecule has 3 N–H and O–H groups in total. The van der Waals surface area contributed by atoms with Gasteiger partial charge in [-0.15, -0.1) is 0 Å². The molecule has 10 nitrogen and oxygen atoms in total. The number of pyridine rings is 1. The molecule has 12 heteroatoms. The van der Waals surface area contributed by atoms with Crippen LogP contribution in [0.2, 0.25) is 0 Å². The molecule has 6 rings (SSSR count). The summed E-state index contributed by atoms with van der Waals surface area (Å²) in [4.78, 5) is 52.6. The largest absolute Gasteiger partial charge is 0.383 e. The first-order valence-corrected chi connectivity index (χ1v) is 12.2. The van der Waals surface area contributed by atoms with Crippen molar-refractivity contribution in [1.82, 2.24) is 30.1 Å². The van der Waals surface area contributed by atoms with Crippen molar-refractivity contribution >= 4 is 23.5 Å². The molecule has 3 aliphatic heterocycles. The first kappa shape index (κ1) is 24.0. The Kier molecular flexibility index (Phi) is 5.83. The van der Waals surface area contributed by atoms with Crippen LogP contribution in [0.15, 0.2) is 36.7 Å². The van der Waals surface area contributed by atoms with Crippen LogP contribution < -0.4 is 11.1 Å². The van der Waals surface area contributed by atoms with Crippen molar-refractivity contribution in [2.75, 3.05) is 18.8 Å². The van der Waals surface area contributed by atoms with Crippen molar-refractivity contribution in [2.24, 2.45) is 0 Å². The van der Waals surface area contributed by atoms with Crippen LogP contribution in [0.3, 0.4) is 0 Å². The zero-order valence-electron chi connectivity index (χ0n) is 20.2. The Hall–Kier alpha value is -4.32. The van der Waals surface area contributed by atoms with Crippen molar-refractivity contribution in [2.45, 2.75) is 37.9 Å². The van der Waals surface area contributed by atoms with Gasteiger partial charge in [0.05, 0.1) is 24.6 Å². The van der Waals surface area contributed by atoms with Gasteiger partial charge in [0.25, 0.3) is 5.91 Å². The molecule has 0 unspecified atom stereocenters. The van der Waals surface area contributed by atoms with Crippen molar-refractivity contribution in [1.29, 1.82) is 0 Å². The zero-order valence-corrected chi connectivity index (χ0v) is 20.2. The Bertz CT molecular complexity index is 1470. The Morgan fingerprint density at radius 1 is 1.03 bits per heavy atom. The number of nitrogens with two attached hydrogens (primary N) is 1. The molecule has 3 aliphatic rings. The minimum atomic E-state index is -0.820. The lowest BCUT2D eigenvalue weighted by atomic mass is 9.98. The molecule has 3 amide bonds. The lowest BCUT2D eigenvalue weighted by molar-refractivity contribution is -0.136. The van der Waals surface area contributed by atoms with Crippen LogP contribution in [-0.4, -0.2) is 61.6 Å². The number of imide groups is 1. The van der Waals surface area contributed by atoms with Gasteiger partial charge in [0, 0.05) is 54.2 Å². The summed E-state index contributed by atoms with van der Waals surface area (Å²) >= 11 is 0. The van der Waals surface area contributed by atoms with Crippen LogP contribution in [0, 0.1) is 11.6 Å². The predicted molar refractivity (Wildman–Crippen MR) is 130 cm³/mol. The third kappa shape index (κ3) is 4.16. The summed E-state index contributed by atoms with van der Waals surface area (Å²) in [5.41, 5.74) is 7.93. The van der Waals surface area contributed by atoms with E-state index in [4.69, 9.17) is 5.73 Å². The van der Waals surface area contributed by atoms with E-state index in [-0.39, 0.29) is 53.7 Å². The minimum absolute atomic E-state index is 0.0679. The summed E-state index contributed by atoms with van der Waals surface area (Å²) in [7, 11) is 0. The second-order valence-corrected chi connectivity index (χ2v) is 9.74. The molecule has 1 aromatic carbocycles. The van der Waals surface area contributed by atoms with Gasteiger partial charge in [-0.25, -0.2) is 23.7 Å². The molecule has 0 bridgehead atoms. The number of anilines is 1. The number of hydrogen-bond acceptors (Lipinski definition) is 8. The van der Waals surface area contributed by atoms with Crippen LogP contribution in [0.4, 0.5) is 14.6 Å². The van der Waals surface area contributed by atoms with Crippen LogP contribution >= 0.6 is 0 Å². The van der Waals surface area contributed by atoms with Crippen molar-refractivity contribution in [3.8, 4) is 11.3 Å². The van der Waals surface area contributed by atoms with E-state index in [0.29, 0.717) is 31.2 Å². The van der Waals surface area contributed by atoms with E-state index in [1.54, 1.807) is 12.1 Å². The lowest BCUT2D eigenvalue weighted by Gasteiger charge is -2.38. The molecule has 0 saturated carbocycles. The molecule has 0 radical (unpaired) electrons. The number of benzene rings is 1. The van der Waals surface area contributed by atoms with Crippen molar-refractivity contribution in [3.63, 3.8) is 0 Å². The van der Waals surface area contributed by atoms with Crippen molar-refractivity contribution < 1.29 is 23.2 Å². The van der Waals surface area contributed by atoms with Crippen LogP contribution in [-0.2, 0) is 22.7 Å². The van der Waals surface area contributed by atoms with E-state index >= 15 is 4.39 Å². The molecule has 2 saturated heterocycles. The number of halogens is 2. The summed E-state index contributed by atoms with van der Waals surface area (Å²) in [6, 6.07) is 5.69. The van der Waals surface area contributed by atoms with Crippen molar-refractivity contribution in [3.05, 3.63) is 70.8 Å². The van der Waals surface area contributed by atoms with Crippen LogP contribution in [0.25, 0.3) is 11.3 Å². The topological polar surface area (TPSA) is 134 Å². The molecule has 194 valence electrons. The summed E-state index contributed by atoms with van der Waals surface area (Å²) < 4.78 is 28.7. The zero-order chi connectivity index (χ0) is 26.6.